The minimum Gasteiger partial charge on any atom is -0.466 e. The Labute approximate surface area is 148 Å². The molecule has 0 fully saturated rings. The fourth-order valence-electron chi connectivity index (χ4n) is 2.04. The van der Waals surface area contributed by atoms with Gasteiger partial charge in [-0.2, -0.15) is 0 Å². The third-order valence-electron chi connectivity index (χ3n) is 3.96. The Kier molecular flexibility index (Phi) is 13.0. The van der Waals surface area contributed by atoms with Gasteiger partial charge in [0.05, 0.1) is 6.61 Å². The average Bonchev–Trinajstić information content (AvgIpc) is 2.55. The first-order valence-corrected chi connectivity index (χ1v) is 9.08. The van der Waals surface area contributed by atoms with Crippen LogP contribution < -0.4 is 5.84 Å². The normalized spacial score (nSPS) is 14.1. The summed E-state index contributed by atoms with van der Waals surface area (Å²) in [7, 11) is 3.82. The van der Waals surface area contributed by atoms with Crippen LogP contribution in [0.1, 0.15) is 59.3 Å². The highest BCUT2D eigenvalue weighted by Crippen LogP contribution is 2.10. The first-order valence-electron chi connectivity index (χ1n) is 9.08. The Morgan fingerprint density at radius 3 is 2.46 bits per heavy atom. The molecule has 2 unspecified atom stereocenters. The molecule has 140 valence electrons. The van der Waals surface area contributed by atoms with Gasteiger partial charge in [-0.05, 0) is 38.0 Å². The van der Waals surface area contributed by atoms with Crippen LogP contribution in [-0.2, 0) is 9.53 Å². The van der Waals surface area contributed by atoms with E-state index in [0.717, 1.165) is 19.3 Å². The second kappa shape index (κ2) is 13.9. The molecule has 2 atom stereocenters. The molecule has 0 saturated heterocycles. The zero-order chi connectivity index (χ0) is 18.4. The number of nitrogens with two attached hydrogens (primary N) is 1. The van der Waals surface area contributed by atoms with E-state index in [9.17, 15) is 4.79 Å². The van der Waals surface area contributed by atoms with Gasteiger partial charge in [0.2, 0.25) is 0 Å². The Bertz CT molecular complexity index is 381. The highest BCUT2D eigenvalue weighted by Gasteiger charge is 2.07. The van der Waals surface area contributed by atoms with Crippen molar-refractivity contribution in [3.63, 3.8) is 0 Å². The lowest BCUT2D eigenvalue weighted by Crippen LogP contribution is -2.24. The molecule has 0 spiro atoms. The highest BCUT2D eigenvalue weighted by molar-refractivity contribution is 5.69. The van der Waals surface area contributed by atoms with E-state index in [1.54, 1.807) is 7.05 Å². The van der Waals surface area contributed by atoms with Gasteiger partial charge >= 0.3 is 5.97 Å². The lowest BCUT2D eigenvalue weighted by molar-refractivity contribution is -0.144. The van der Waals surface area contributed by atoms with E-state index >= 15 is 0 Å². The Morgan fingerprint density at radius 1 is 1.12 bits per heavy atom. The maximum absolute atomic E-state index is 11.7. The minimum atomic E-state index is -0.0811. The third-order valence-corrected chi connectivity index (χ3v) is 3.96. The van der Waals surface area contributed by atoms with Gasteiger partial charge in [-0.1, -0.05) is 39.2 Å². The zero-order valence-electron chi connectivity index (χ0n) is 16.2. The number of rotatable bonds is 13. The predicted molar refractivity (Wildman–Crippen MR) is 101 cm³/mol. The van der Waals surface area contributed by atoms with Crippen molar-refractivity contribution >= 4 is 5.97 Å². The number of hydrazine groups is 1. The summed E-state index contributed by atoms with van der Waals surface area (Å²) in [5, 5.41) is 1.53. The first-order chi connectivity index (χ1) is 11.4. The van der Waals surface area contributed by atoms with Crippen LogP contribution in [0.5, 0.6) is 0 Å². The largest absolute Gasteiger partial charge is 0.466 e. The number of hydrogen-bond donors (Lipinski definition) is 1. The number of nitrogens with zero attached hydrogens (tertiary/aromatic N) is 2. The van der Waals surface area contributed by atoms with Crippen molar-refractivity contribution in [1.29, 1.82) is 0 Å². The summed E-state index contributed by atoms with van der Waals surface area (Å²) in [6.07, 6.45) is 13.9. The van der Waals surface area contributed by atoms with Crippen LogP contribution in [0.15, 0.2) is 24.6 Å². The number of ether oxygens (including phenoxy) is 1. The van der Waals surface area contributed by atoms with Crippen molar-refractivity contribution in [1.82, 2.24) is 9.91 Å². The maximum atomic E-state index is 11.7. The molecule has 0 aromatic rings. The van der Waals surface area contributed by atoms with Crippen molar-refractivity contribution < 1.29 is 9.53 Å². The van der Waals surface area contributed by atoms with Gasteiger partial charge in [-0.3, -0.25) is 4.79 Å². The number of unbranched alkanes of at least 4 members (excludes halogenated alkanes) is 3. The molecule has 0 aliphatic heterocycles. The molecule has 0 rings (SSSR count). The fourth-order valence-corrected chi connectivity index (χ4v) is 2.04. The molecule has 0 aromatic carbocycles. The van der Waals surface area contributed by atoms with Crippen LogP contribution in [0.25, 0.3) is 0 Å². The molecule has 0 aliphatic rings. The number of likely N-dealkylation sites (N-methyl/N-ethyl adjacent to an activating group) is 1. The summed E-state index contributed by atoms with van der Waals surface area (Å²) in [5.74, 6) is 5.82. The van der Waals surface area contributed by atoms with Gasteiger partial charge in [0.15, 0.2) is 0 Å². The van der Waals surface area contributed by atoms with Crippen LogP contribution in [0, 0.1) is 5.92 Å². The quantitative estimate of drug-likeness (QED) is 0.240. The van der Waals surface area contributed by atoms with Crippen LogP contribution in [0.4, 0.5) is 0 Å². The second-order valence-corrected chi connectivity index (χ2v) is 6.55. The van der Waals surface area contributed by atoms with Crippen LogP contribution >= 0.6 is 0 Å². The van der Waals surface area contributed by atoms with Gasteiger partial charge in [0, 0.05) is 32.8 Å². The first kappa shape index (κ1) is 22.5. The predicted octanol–water partition coefficient (Wildman–Crippen LogP) is 3.68. The van der Waals surface area contributed by atoms with Crippen molar-refractivity contribution in [2.75, 3.05) is 20.7 Å². The highest BCUT2D eigenvalue weighted by atomic mass is 16.5. The van der Waals surface area contributed by atoms with E-state index < -0.39 is 0 Å². The Hall–Kier alpha value is -1.49. The number of carbonyl (C=O) groups excluding carboxylic acids is 1. The van der Waals surface area contributed by atoms with E-state index in [1.165, 1.54) is 17.9 Å². The molecule has 0 bridgehead atoms. The minimum absolute atomic E-state index is 0.0811. The molecule has 5 nitrogen and oxygen atoms in total. The lowest BCUT2D eigenvalue weighted by atomic mass is 10.1. The smallest absolute Gasteiger partial charge is 0.305 e. The second-order valence-electron chi connectivity index (χ2n) is 6.55. The summed E-state index contributed by atoms with van der Waals surface area (Å²) in [4.78, 5) is 13.8. The van der Waals surface area contributed by atoms with E-state index in [2.05, 4.69) is 37.9 Å². The van der Waals surface area contributed by atoms with Crippen molar-refractivity contribution in [2.24, 2.45) is 11.8 Å². The zero-order valence-corrected chi connectivity index (χ0v) is 16.2. The molecule has 0 saturated carbocycles. The molecule has 2 N–H and O–H groups in total. The number of allylic oxidation sites excluding steroid dienone is 1. The fraction of sp³-hybridized carbons (Fsp3) is 0.737. The lowest BCUT2D eigenvalue weighted by Gasteiger charge is -2.21. The number of carbonyl (C=O) groups is 1. The van der Waals surface area contributed by atoms with Crippen LogP contribution in [0.3, 0.4) is 0 Å². The molecule has 0 heterocycles. The molecule has 0 aliphatic carbocycles. The maximum Gasteiger partial charge on any atom is 0.305 e. The van der Waals surface area contributed by atoms with Gasteiger partial charge in [-0.25, -0.2) is 5.84 Å². The molecule has 0 aromatic heterocycles. The summed E-state index contributed by atoms with van der Waals surface area (Å²) in [6.45, 7) is 6.95. The van der Waals surface area contributed by atoms with Crippen molar-refractivity contribution in [2.45, 2.75) is 65.3 Å². The average molecular weight is 340 g/mol. The SMILES string of the molecule is CCCCCCOC(=O)CCC(C)/C=C/N(C)C(C)/C=C/N(C)N. The van der Waals surface area contributed by atoms with E-state index in [4.69, 9.17) is 10.6 Å². The van der Waals surface area contributed by atoms with Gasteiger partial charge in [0.1, 0.15) is 0 Å². The van der Waals surface area contributed by atoms with Crippen LogP contribution in [0.2, 0.25) is 0 Å². The molecular weight excluding hydrogens is 302 g/mol. The van der Waals surface area contributed by atoms with Crippen LogP contribution in [-0.4, -0.2) is 42.6 Å². The molecular formula is C19H37N3O2. The van der Waals surface area contributed by atoms with E-state index in [0.29, 0.717) is 18.9 Å². The van der Waals surface area contributed by atoms with Crippen molar-refractivity contribution in [3.05, 3.63) is 24.6 Å². The van der Waals surface area contributed by atoms with Gasteiger partial charge in [-0.15, -0.1) is 0 Å². The van der Waals surface area contributed by atoms with Gasteiger partial charge < -0.3 is 14.6 Å². The number of esters is 1. The van der Waals surface area contributed by atoms with E-state index in [-0.39, 0.29) is 12.0 Å². The number of hydrogen-bond acceptors (Lipinski definition) is 5. The molecule has 5 heteroatoms. The summed E-state index contributed by atoms with van der Waals surface area (Å²) < 4.78 is 5.26. The summed E-state index contributed by atoms with van der Waals surface area (Å²) in [6, 6.07) is 0.257. The topological polar surface area (TPSA) is 58.8 Å². The summed E-state index contributed by atoms with van der Waals surface area (Å²) >= 11 is 0. The third kappa shape index (κ3) is 13.0. The summed E-state index contributed by atoms with van der Waals surface area (Å²) in [5.41, 5.74) is 0. The Morgan fingerprint density at radius 2 is 1.83 bits per heavy atom. The van der Waals surface area contributed by atoms with Crippen molar-refractivity contribution in [3.8, 4) is 0 Å². The molecule has 0 radical (unpaired) electrons. The van der Waals surface area contributed by atoms with Gasteiger partial charge in [0.25, 0.3) is 0 Å². The molecule has 0 amide bonds. The Balaban J connectivity index is 3.94. The van der Waals surface area contributed by atoms with E-state index in [1.807, 2.05) is 19.3 Å². The molecule has 24 heavy (non-hydrogen) atoms. The standard InChI is InChI=1S/C19H37N3O2/c1-6-7-8-9-16-24-19(23)11-10-17(2)12-14-21(4)18(3)13-15-22(5)20/h12-15,17-18H,6-11,16,20H2,1-5H3/b14-12+,15-13+. The monoisotopic (exact) mass is 339 g/mol.